The third kappa shape index (κ3) is 3.65. The molecule has 4 heteroatoms. The zero-order valence-electron chi connectivity index (χ0n) is 10.6. The molecule has 0 heterocycles. The topological polar surface area (TPSA) is 46.5 Å². The molecule has 0 fully saturated rings. The van der Waals surface area contributed by atoms with Crippen molar-refractivity contribution < 1.29 is 27.3 Å². The van der Waals surface area contributed by atoms with E-state index < -0.39 is 13.6 Å². The van der Waals surface area contributed by atoms with E-state index in [4.69, 9.17) is 4.74 Å². The van der Waals surface area contributed by atoms with Crippen molar-refractivity contribution in [3.05, 3.63) is 48.5 Å². The Morgan fingerprint density at radius 2 is 1.53 bits per heavy atom. The van der Waals surface area contributed by atoms with Crippen LogP contribution in [0.5, 0.6) is 11.5 Å². The Morgan fingerprint density at radius 1 is 1.00 bits per heavy atom. The van der Waals surface area contributed by atoms with Gasteiger partial charge < -0.3 is 0 Å². The molecule has 0 aliphatic heterocycles. The van der Waals surface area contributed by atoms with E-state index in [2.05, 4.69) is 6.92 Å². The second kappa shape index (κ2) is 6.49. The maximum absolute atomic E-state index is 12.3. The normalized spacial score (nSPS) is 11.1. The molecule has 0 atom stereocenters. The molecule has 0 aromatic heterocycles. The number of rotatable bonds is 5. The Hall–Kier alpha value is -1.65. The molecule has 2 rings (SSSR count). The molecule has 0 radical (unpaired) electrons. The fourth-order valence-corrected chi connectivity index (χ4v) is 2.81. The van der Waals surface area contributed by atoms with Crippen molar-refractivity contribution >= 4 is 9.00 Å². The van der Waals surface area contributed by atoms with Crippen LogP contribution >= 0.6 is 0 Å². The number of hydrogen-bond donors (Lipinski definition) is 1. The summed E-state index contributed by atoms with van der Waals surface area (Å²) in [7, 11) is 0. The SMILES string of the molecule is CCCOc1cc[c]([Co](=[O])[c]2ccc(O)cc2)cc1. The first-order valence-electron chi connectivity index (χ1n) is 6.04. The van der Waals surface area contributed by atoms with Crippen LogP contribution in [0.15, 0.2) is 48.5 Å². The van der Waals surface area contributed by atoms with Crippen LogP contribution in [-0.2, 0) is 17.5 Å². The Kier molecular flexibility index (Phi) is 4.71. The van der Waals surface area contributed by atoms with Crippen molar-refractivity contribution in [3.63, 3.8) is 0 Å². The van der Waals surface area contributed by atoms with Crippen molar-refractivity contribution in [1.29, 1.82) is 0 Å². The number of phenolic OH excluding ortho intramolecular Hbond substituents is 1. The molecule has 0 saturated carbocycles. The van der Waals surface area contributed by atoms with Gasteiger partial charge in [0.05, 0.1) is 0 Å². The molecule has 2 aromatic carbocycles. The van der Waals surface area contributed by atoms with Crippen molar-refractivity contribution in [2.45, 2.75) is 13.3 Å². The van der Waals surface area contributed by atoms with Gasteiger partial charge in [0.15, 0.2) is 0 Å². The molecule has 0 unspecified atom stereocenters. The Morgan fingerprint density at radius 3 is 2.05 bits per heavy atom. The third-order valence-electron chi connectivity index (χ3n) is 2.43. The van der Waals surface area contributed by atoms with E-state index >= 15 is 0 Å². The first kappa shape index (κ1) is 13.8. The minimum atomic E-state index is -1.60. The fourth-order valence-electron chi connectivity index (χ4n) is 1.49. The van der Waals surface area contributed by atoms with Crippen LogP contribution in [0.2, 0.25) is 0 Å². The number of ether oxygens (including phenoxy) is 1. The Balaban J connectivity index is 2.13. The standard InChI is InChI=1S/C9H11O.C6H5O.Co.O/c1-2-8-10-9-6-4-3-5-7-9;7-6-4-2-1-3-5-6;;/h4-7H,2,8H2,1H3;2-5,7H;;. The summed E-state index contributed by atoms with van der Waals surface area (Å²) in [4.78, 5) is 0. The fraction of sp³-hybridized carbons (Fsp3) is 0.200. The number of phenols is 1. The van der Waals surface area contributed by atoms with E-state index in [1.165, 1.54) is 0 Å². The molecular weight excluding hydrogens is 287 g/mol. The summed E-state index contributed by atoms with van der Waals surface area (Å²) in [6.07, 6.45) is 0.962. The molecule has 0 saturated heterocycles. The van der Waals surface area contributed by atoms with Crippen molar-refractivity contribution in [2.24, 2.45) is 0 Å². The molecular formula is C15H16CoO3. The molecule has 1 N–H and O–H groups in total. The van der Waals surface area contributed by atoms with Crippen LogP contribution in [0.4, 0.5) is 0 Å². The van der Waals surface area contributed by atoms with Gasteiger partial charge >= 0.3 is 116 Å². The molecule has 0 amide bonds. The van der Waals surface area contributed by atoms with Crippen molar-refractivity contribution in [2.75, 3.05) is 6.61 Å². The summed E-state index contributed by atoms with van der Waals surface area (Å²) >= 11 is -1.60. The third-order valence-corrected chi connectivity index (χ3v) is 4.22. The van der Waals surface area contributed by atoms with Crippen LogP contribution in [0.1, 0.15) is 13.3 Å². The van der Waals surface area contributed by atoms with Crippen molar-refractivity contribution in [1.82, 2.24) is 0 Å². The van der Waals surface area contributed by atoms with Crippen LogP contribution in [0, 0.1) is 0 Å². The van der Waals surface area contributed by atoms with Gasteiger partial charge in [0.25, 0.3) is 0 Å². The summed E-state index contributed by atoms with van der Waals surface area (Å²) < 4.78 is 19.2. The zero-order chi connectivity index (χ0) is 13.7. The predicted octanol–water partition coefficient (Wildman–Crippen LogP) is 2.10. The average molecular weight is 303 g/mol. The molecule has 19 heavy (non-hydrogen) atoms. The second-order valence-electron chi connectivity index (χ2n) is 3.95. The van der Waals surface area contributed by atoms with Gasteiger partial charge in [-0.15, -0.1) is 0 Å². The van der Waals surface area contributed by atoms with Crippen LogP contribution < -0.4 is 13.7 Å². The van der Waals surface area contributed by atoms with Crippen molar-refractivity contribution in [3.8, 4) is 11.5 Å². The van der Waals surface area contributed by atoms with Crippen LogP contribution in [-0.4, -0.2) is 11.7 Å². The van der Waals surface area contributed by atoms with Gasteiger partial charge in [-0.2, -0.15) is 0 Å². The van der Waals surface area contributed by atoms with Gasteiger partial charge in [0.2, 0.25) is 0 Å². The predicted molar refractivity (Wildman–Crippen MR) is 70.3 cm³/mol. The van der Waals surface area contributed by atoms with E-state index in [0.29, 0.717) is 11.1 Å². The molecule has 103 valence electrons. The Labute approximate surface area is 116 Å². The van der Waals surface area contributed by atoms with Gasteiger partial charge in [-0.05, 0) is 0 Å². The average Bonchev–Trinajstić information content (AvgIpc) is 2.46. The van der Waals surface area contributed by atoms with Gasteiger partial charge in [-0.3, -0.25) is 0 Å². The summed E-state index contributed by atoms with van der Waals surface area (Å²) in [6.45, 7) is 2.74. The van der Waals surface area contributed by atoms with Crippen LogP contribution in [0.25, 0.3) is 0 Å². The molecule has 0 bridgehead atoms. The molecule has 0 aliphatic carbocycles. The number of aromatic hydroxyl groups is 1. The monoisotopic (exact) mass is 303 g/mol. The van der Waals surface area contributed by atoms with E-state index in [-0.39, 0.29) is 5.75 Å². The second-order valence-corrected chi connectivity index (χ2v) is 5.83. The van der Waals surface area contributed by atoms with Gasteiger partial charge in [-0.25, -0.2) is 0 Å². The summed E-state index contributed by atoms with van der Waals surface area (Å²) in [5, 5.41) is 9.22. The van der Waals surface area contributed by atoms with E-state index in [9.17, 15) is 8.97 Å². The quantitative estimate of drug-likeness (QED) is 0.920. The van der Waals surface area contributed by atoms with Gasteiger partial charge in [0, 0.05) is 0 Å². The Bertz CT molecular complexity index is 547. The van der Waals surface area contributed by atoms with Crippen LogP contribution in [0.3, 0.4) is 0 Å². The number of hydrogen-bond acceptors (Lipinski definition) is 3. The zero-order valence-corrected chi connectivity index (χ0v) is 11.7. The molecule has 3 nitrogen and oxygen atoms in total. The first-order chi connectivity index (χ1) is 9.20. The van der Waals surface area contributed by atoms with Gasteiger partial charge in [0.1, 0.15) is 0 Å². The summed E-state index contributed by atoms with van der Waals surface area (Å²) in [6, 6.07) is 13.7. The molecule has 0 aliphatic rings. The summed E-state index contributed by atoms with van der Waals surface area (Å²) in [5.74, 6) is 0.967. The van der Waals surface area contributed by atoms with Gasteiger partial charge in [-0.1, -0.05) is 0 Å². The van der Waals surface area contributed by atoms with E-state index in [1.54, 1.807) is 24.3 Å². The summed E-state index contributed by atoms with van der Waals surface area (Å²) in [5.41, 5.74) is 0. The molecule has 2 aromatic rings. The molecule has 0 spiro atoms. The number of benzene rings is 2. The van der Waals surface area contributed by atoms with E-state index in [0.717, 1.165) is 16.7 Å². The minimum absolute atomic E-state index is 0.176. The maximum atomic E-state index is 12.3. The van der Waals surface area contributed by atoms with E-state index in [1.807, 2.05) is 24.3 Å². The first-order valence-corrected chi connectivity index (χ1v) is 7.50.